The van der Waals surface area contributed by atoms with Crippen LogP contribution in [-0.4, -0.2) is 33.3 Å². The van der Waals surface area contributed by atoms with Gasteiger partial charge in [0.2, 0.25) is 0 Å². The molecule has 126 valence electrons. The Hall–Kier alpha value is -3.02. The summed E-state index contributed by atoms with van der Waals surface area (Å²) in [6.07, 6.45) is 8.77. The normalized spacial score (nSPS) is 10.8. The number of ether oxygens (including phenoxy) is 1. The largest absolute Gasteiger partial charge is 0.507 e. The van der Waals surface area contributed by atoms with E-state index in [-0.39, 0.29) is 11.3 Å². The van der Waals surface area contributed by atoms with Gasteiger partial charge in [0.25, 0.3) is 0 Å². The first kappa shape index (κ1) is 17.3. The van der Waals surface area contributed by atoms with E-state index in [1.165, 1.54) is 7.11 Å². The van der Waals surface area contributed by atoms with Crippen LogP contribution in [0.15, 0.2) is 30.1 Å². The number of aromatic amines is 1. The number of imidazole rings is 1. The van der Waals surface area contributed by atoms with Crippen LogP contribution < -0.4 is 4.74 Å². The maximum absolute atomic E-state index is 11.6. The molecular weight excluding hydrogens is 308 g/mol. The Labute approximate surface area is 140 Å². The molecule has 6 heteroatoms. The molecule has 3 N–H and O–H groups in total. The quantitative estimate of drug-likeness (QED) is 0.705. The highest BCUT2D eigenvalue weighted by atomic mass is 16.5. The lowest BCUT2D eigenvalue weighted by atomic mass is 9.98. The number of aromatic nitrogens is 2. The highest BCUT2D eigenvalue weighted by molar-refractivity contribution is 5.97. The Morgan fingerprint density at radius 2 is 2.12 bits per heavy atom. The van der Waals surface area contributed by atoms with Crippen molar-refractivity contribution in [1.29, 1.82) is 0 Å². The van der Waals surface area contributed by atoms with E-state index < -0.39 is 5.97 Å². The number of benzene rings is 1. The van der Waals surface area contributed by atoms with Crippen LogP contribution in [-0.2, 0) is 6.42 Å². The lowest BCUT2D eigenvalue weighted by molar-refractivity contribution is 0.0693. The molecule has 2 rings (SSSR count). The van der Waals surface area contributed by atoms with Crippen molar-refractivity contribution < 1.29 is 19.7 Å². The third-order valence-corrected chi connectivity index (χ3v) is 3.48. The molecule has 24 heavy (non-hydrogen) atoms. The first-order valence-corrected chi connectivity index (χ1v) is 7.41. The number of nitrogens with zero attached hydrogens (tertiary/aromatic N) is 1. The molecule has 0 fully saturated rings. The summed E-state index contributed by atoms with van der Waals surface area (Å²) in [7, 11) is 1.49. The van der Waals surface area contributed by atoms with Crippen LogP contribution in [0.25, 0.3) is 12.2 Å². The van der Waals surface area contributed by atoms with Crippen LogP contribution in [0.3, 0.4) is 0 Å². The third kappa shape index (κ3) is 3.84. The van der Waals surface area contributed by atoms with Crippen molar-refractivity contribution in [2.24, 2.45) is 0 Å². The molecule has 0 saturated carbocycles. The number of carboxylic acids is 1. The predicted molar refractivity (Wildman–Crippen MR) is 92.3 cm³/mol. The van der Waals surface area contributed by atoms with Crippen LogP contribution >= 0.6 is 0 Å². The molecule has 0 amide bonds. The number of carbonyl (C=O) groups is 1. The molecule has 0 radical (unpaired) electrons. The fourth-order valence-corrected chi connectivity index (χ4v) is 2.28. The summed E-state index contributed by atoms with van der Waals surface area (Å²) in [5.41, 5.74) is 1.70. The zero-order chi connectivity index (χ0) is 17.7. The average molecular weight is 328 g/mol. The van der Waals surface area contributed by atoms with E-state index in [1.807, 2.05) is 19.9 Å². The number of carboxylic acid groups (broad SMARTS) is 1. The van der Waals surface area contributed by atoms with Crippen molar-refractivity contribution in [1.82, 2.24) is 9.97 Å². The summed E-state index contributed by atoms with van der Waals surface area (Å²) in [6.45, 7) is 3.87. The maximum atomic E-state index is 11.6. The van der Waals surface area contributed by atoms with Crippen LogP contribution in [0.1, 0.15) is 41.2 Å². The van der Waals surface area contributed by atoms with E-state index in [2.05, 4.69) is 9.97 Å². The van der Waals surface area contributed by atoms with Crippen molar-refractivity contribution in [3.63, 3.8) is 0 Å². The first-order valence-electron chi connectivity index (χ1n) is 7.41. The molecule has 0 aliphatic rings. The van der Waals surface area contributed by atoms with E-state index >= 15 is 0 Å². The number of hydrogen-bond donors (Lipinski definition) is 3. The highest BCUT2D eigenvalue weighted by Crippen LogP contribution is 2.36. The number of H-pyrrole nitrogens is 1. The molecule has 0 unspecified atom stereocenters. The van der Waals surface area contributed by atoms with Gasteiger partial charge in [0.05, 0.1) is 7.11 Å². The number of aromatic carboxylic acids is 1. The zero-order valence-corrected chi connectivity index (χ0v) is 13.8. The van der Waals surface area contributed by atoms with Gasteiger partial charge < -0.3 is 19.9 Å². The smallest absolute Gasteiger partial charge is 0.340 e. The topological polar surface area (TPSA) is 95.4 Å². The summed E-state index contributed by atoms with van der Waals surface area (Å²) in [4.78, 5) is 18.6. The second-order valence-electron chi connectivity index (χ2n) is 5.47. The summed E-state index contributed by atoms with van der Waals surface area (Å²) in [5.74, 6) is -0.460. The summed E-state index contributed by atoms with van der Waals surface area (Å²) in [5, 5.41) is 20.0. The Morgan fingerprint density at radius 1 is 1.38 bits per heavy atom. The van der Waals surface area contributed by atoms with Crippen molar-refractivity contribution in [3.05, 3.63) is 52.6 Å². The second kappa shape index (κ2) is 7.50. The summed E-state index contributed by atoms with van der Waals surface area (Å²) >= 11 is 0. The Kier molecular flexibility index (Phi) is 5.42. The summed E-state index contributed by atoms with van der Waals surface area (Å²) in [6, 6.07) is 1.61. The Bertz CT molecular complexity index is 786. The van der Waals surface area contributed by atoms with Gasteiger partial charge in [0, 0.05) is 18.0 Å². The third-order valence-electron chi connectivity index (χ3n) is 3.48. The molecule has 0 spiro atoms. The number of hydrogen-bond acceptors (Lipinski definition) is 4. The number of aromatic hydroxyl groups is 1. The second-order valence-corrected chi connectivity index (χ2v) is 5.47. The minimum absolute atomic E-state index is 0.157. The monoisotopic (exact) mass is 328 g/mol. The van der Waals surface area contributed by atoms with Crippen LogP contribution in [0.4, 0.5) is 0 Å². The van der Waals surface area contributed by atoms with E-state index in [1.54, 1.807) is 30.6 Å². The molecule has 0 atom stereocenters. The molecule has 0 aliphatic heterocycles. The lowest BCUT2D eigenvalue weighted by Gasteiger charge is -2.14. The first-order chi connectivity index (χ1) is 11.4. The highest BCUT2D eigenvalue weighted by Gasteiger charge is 2.21. The van der Waals surface area contributed by atoms with Gasteiger partial charge in [0.15, 0.2) is 0 Å². The van der Waals surface area contributed by atoms with Crippen LogP contribution in [0, 0.1) is 0 Å². The number of allylic oxidation sites excluding steroid dienone is 2. The van der Waals surface area contributed by atoms with Crippen LogP contribution in [0.2, 0.25) is 0 Å². The van der Waals surface area contributed by atoms with Gasteiger partial charge in [-0.25, -0.2) is 9.78 Å². The number of rotatable bonds is 6. The maximum Gasteiger partial charge on any atom is 0.340 e. The van der Waals surface area contributed by atoms with E-state index in [9.17, 15) is 15.0 Å². The Balaban J connectivity index is 2.56. The van der Waals surface area contributed by atoms with Crippen LogP contribution in [0.5, 0.6) is 11.5 Å². The molecular formula is C18H20N2O4. The number of nitrogens with one attached hydrogen (secondary N) is 1. The van der Waals surface area contributed by atoms with Gasteiger partial charge in [-0.1, -0.05) is 17.7 Å². The average Bonchev–Trinajstić information content (AvgIpc) is 3.03. The van der Waals surface area contributed by atoms with E-state index in [4.69, 9.17) is 4.74 Å². The molecule has 1 aromatic carbocycles. The van der Waals surface area contributed by atoms with Gasteiger partial charge in [0.1, 0.15) is 22.9 Å². The lowest BCUT2D eigenvalue weighted by Crippen LogP contribution is -2.04. The molecule has 0 saturated heterocycles. The molecule has 2 aromatic rings. The van der Waals surface area contributed by atoms with Crippen molar-refractivity contribution in [3.8, 4) is 11.5 Å². The van der Waals surface area contributed by atoms with Gasteiger partial charge >= 0.3 is 5.97 Å². The van der Waals surface area contributed by atoms with Gasteiger partial charge in [-0.2, -0.15) is 0 Å². The zero-order valence-electron chi connectivity index (χ0n) is 13.8. The fourth-order valence-electron chi connectivity index (χ4n) is 2.28. The summed E-state index contributed by atoms with van der Waals surface area (Å²) < 4.78 is 5.33. The van der Waals surface area contributed by atoms with Gasteiger partial charge in [-0.15, -0.1) is 0 Å². The van der Waals surface area contributed by atoms with Gasteiger partial charge in [-0.05, 0) is 38.0 Å². The van der Waals surface area contributed by atoms with E-state index in [0.717, 1.165) is 5.57 Å². The van der Waals surface area contributed by atoms with E-state index in [0.29, 0.717) is 29.1 Å². The molecule has 0 aliphatic carbocycles. The van der Waals surface area contributed by atoms with Crippen molar-refractivity contribution in [2.45, 2.75) is 20.3 Å². The molecule has 1 aromatic heterocycles. The fraction of sp³-hybridized carbons (Fsp3) is 0.222. The Morgan fingerprint density at radius 3 is 2.67 bits per heavy atom. The van der Waals surface area contributed by atoms with Crippen molar-refractivity contribution >= 4 is 18.1 Å². The van der Waals surface area contributed by atoms with Gasteiger partial charge in [-0.3, -0.25) is 0 Å². The molecule has 6 nitrogen and oxygen atoms in total. The van der Waals surface area contributed by atoms with Crippen molar-refractivity contribution in [2.75, 3.05) is 7.11 Å². The minimum atomic E-state index is -1.20. The standard InChI is InChI=1S/C18H20N2O4/c1-11(2)4-6-13-14(24-3)10-12(16(17(13)21)18(22)23)5-7-15-19-8-9-20-15/h4-5,7-10,21H,6H2,1-3H3,(H,19,20)(H,22,23)/b7-5-. The number of methoxy groups -OCH3 is 1. The predicted octanol–water partition coefficient (Wildman–Crippen LogP) is 3.50. The SMILES string of the molecule is COc1cc(/C=C\c2ncc[nH]2)c(C(=O)O)c(O)c1CC=C(C)C. The number of phenols is 1. The molecule has 1 heterocycles. The molecule has 0 bridgehead atoms. The minimum Gasteiger partial charge on any atom is -0.507 e.